The van der Waals surface area contributed by atoms with Gasteiger partial charge in [-0.25, -0.2) is 0 Å². The van der Waals surface area contributed by atoms with E-state index in [0.29, 0.717) is 5.75 Å². The zero-order chi connectivity index (χ0) is 18.3. The standard InChI is InChI=1S/C21H22N2O3/c1-21(2,3)19-11-14-10-15(5-6-16(14)23-19)22-20(24)9-13-4-7-17-18(8-13)26-12-25-17/h4-8,10-11,23H,9,12H2,1-3H3,(H,22,24). The Labute approximate surface area is 152 Å². The first-order valence-corrected chi connectivity index (χ1v) is 8.70. The Morgan fingerprint density at radius 2 is 1.88 bits per heavy atom. The highest BCUT2D eigenvalue weighted by Gasteiger charge is 2.17. The van der Waals surface area contributed by atoms with Crippen molar-refractivity contribution in [3.05, 3.63) is 53.7 Å². The van der Waals surface area contributed by atoms with E-state index in [1.54, 1.807) is 0 Å². The molecule has 5 heteroatoms. The lowest BCUT2D eigenvalue weighted by Crippen LogP contribution is -2.14. The van der Waals surface area contributed by atoms with Crippen LogP contribution in [0.25, 0.3) is 10.9 Å². The van der Waals surface area contributed by atoms with Gasteiger partial charge in [-0.1, -0.05) is 26.8 Å². The Balaban J connectivity index is 1.48. The van der Waals surface area contributed by atoms with Gasteiger partial charge in [-0.05, 0) is 42.0 Å². The van der Waals surface area contributed by atoms with Crippen LogP contribution in [0.2, 0.25) is 0 Å². The second-order valence-corrected chi connectivity index (χ2v) is 7.65. The molecule has 3 aromatic rings. The van der Waals surface area contributed by atoms with Crippen LogP contribution in [0.15, 0.2) is 42.5 Å². The normalized spacial score (nSPS) is 13.2. The van der Waals surface area contributed by atoms with Crippen LogP contribution in [0.3, 0.4) is 0 Å². The number of H-pyrrole nitrogens is 1. The molecule has 0 atom stereocenters. The third kappa shape index (κ3) is 3.25. The van der Waals surface area contributed by atoms with Crippen molar-refractivity contribution in [1.82, 2.24) is 4.98 Å². The molecule has 0 unspecified atom stereocenters. The average molecular weight is 350 g/mol. The van der Waals surface area contributed by atoms with Gasteiger partial charge in [-0.3, -0.25) is 4.79 Å². The van der Waals surface area contributed by atoms with Crippen LogP contribution in [0.4, 0.5) is 5.69 Å². The van der Waals surface area contributed by atoms with Crippen molar-refractivity contribution in [2.75, 3.05) is 12.1 Å². The molecule has 4 rings (SSSR count). The number of hydrogen-bond donors (Lipinski definition) is 2. The van der Waals surface area contributed by atoms with E-state index in [1.165, 1.54) is 5.69 Å². The fourth-order valence-electron chi connectivity index (χ4n) is 3.06. The SMILES string of the molecule is CC(C)(C)c1cc2cc(NC(=O)Cc3ccc4c(c3)OCO4)ccc2[nH]1. The van der Waals surface area contributed by atoms with Gasteiger partial charge in [-0.2, -0.15) is 0 Å². The summed E-state index contributed by atoms with van der Waals surface area (Å²) in [6.07, 6.45) is 0.287. The van der Waals surface area contributed by atoms with Gasteiger partial charge in [0, 0.05) is 27.7 Å². The smallest absolute Gasteiger partial charge is 0.231 e. The summed E-state index contributed by atoms with van der Waals surface area (Å²) in [5.74, 6) is 1.36. The fraction of sp³-hybridized carbons (Fsp3) is 0.286. The molecule has 26 heavy (non-hydrogen) atoms. The molecule has 0 bridgehead atoms. The number of ether oxygens (including phenoxy) is 2. The summed E-state index contributed by atoms with van der Waals surface area (Å²) in [5.41, 5.74) is 3.99. The van der Waals surface area contributed by atoms with Gasteiger partial charge in [0.05, 0.1) is 6.42 Å². The van der Waals surface area contributed by atoms with Crippen molar-refractivity contribution < 1.29 is 14.3 Å². The lowest BCUT2D eigenvalue weighted by molar-refractivity contribution is -0.115. The monoisotopic (exact) mass is 350 g/mol. The molecule has 2 N–H and O–H groups in total. The third-order valence-corrected chi connectivity index (χ3v) is 4.51. The molecule has 0 aliphatic carbocycles. The van der Waals surface area contributed by atoms with Crippen LogP contribution in [-0.4, -0.2) is 17.7 Å². The summed E-state index contributed by atoms with van der Waals surface area (Å²) < 4.78 is 10.7. The van der Waals surface area contributed by atoms with Crippen molar-refractivity contribution in [3.63, 3.8) is 0 Å². The first kappa shape index (κ1) is 16.5. The highest BCUT2D eigenvalue weighted by molar-refractivity contribution is 5.95. The second kappa shape index (κ2) is 6.09. The minimum Gasteiger partial charge on any atom is -0.454 e. The van der Waals surface area contributed by atoms with E-state index < -0.39 is 0 Å². The van der Waals surface area contributed by atoms with E-state index in [0.717, 1.165) is 27.9 Å². The zero-order valence-corrected chi connectivity index (χ0v) is 15.2. The minimum atomic E-state index is -0.0604. The van der Waals surface area contributed by atoms with Gasteiger partial charge in [-0.15, -0.1) is 0 Å². The lowest BCUT2D eigenvalue weighted by atomic mass is 9.92. The van der Waals surface area contributed by atoms with E-state index in [2.05, 4.69) is 37.1 Å². The molecule has 0 saturated heterocycles. The van der Waals surface area contributed by atoms with E-state index in [4.69, 9.17) is 9.47 Å². The van der Waals surface area contributed by atoms with Crippen molar-refractivity contribution in [2.45, 2.75) is 32.6 Å². The Bertz CT molecular complexity index is 983. The molecular weight excluding hydrogens is 328 g/mol. The molecule has 134 valence electrons. The molecule has 0 saturated carbocycles. The van der Waals surface area contributed by atoms with Crippen LogP contribution in [0.1, 0.15) is 32.0 Å². The predicted octanol–water partition coefficient (Wildman–Crippen LogP) is 4.38. The van der Waals surface area contributed by atoms with E-state index in [9.17, 15) is 4.79 Å². The van der Waals surface area contributed by atoms with Crippen molar-refractivity contribution in [2.24, 2.45) is 0 Å². The van der Waals surface area contributed by atoms with Crippen molar-refractivity contribution >= 4 is 22.5 Å². The highest BCUT2D eigenvalue weighted by atomic mass is 16.7. The number of aromatic amines is 1. The molecule has 2 heterocycles. The lowest BCUT2D eigenvalue weighted by Gasteiger charge is -2.15. The van der Waals surface area contributed by atoms with Crippen molar-refractivity contribution in [1.29, 1.82) is 0 Å². The van der Waals surface area contributed by atoms with Gasteiger partial charge in [0.2, 0.25) is 12.7 Å². The van der Waals surface area contributed by atoms with Crippen molar-refractivity contribution in [3.8, 4) is 11.5 Å². The van der Waals surface area contributed by atoms with E-state index in [-0.39, 0.29) is 24.5 Å². The average Bonchev–Trinajstić information content (AvgIpc) is 3.19. The van der Waals surface area contributed by atoms with Gasteiger partial charge in [0.15, 0.2) is 11.5 Å². The minimum absolute atomic E-state index is 0.0573. The van der Waals surface area contributed by atoms with Crippen LogP contribution in [0, 0.1) is 0 Å². The zero-order valence-electron chi connectivity index (χ0n) is 15.2. The summed E-state index contributed by atoms with van der Waals surface area (Å²) in [7, 11) is 0. The maximum atomic E-state index is 12.4. The summed E-state index contributed by atoms with van der Waals surface area (Å²) in [4.78, 5) is 15.8. The van der Waals surface area contributed by atoms with Crippen LogP contribution in [0.5, 0.6) is 11.5 Å². The molecule has 0 spiro atoms. The number of nitrogens with one attached hydrogen (secondary N) is 2. The summed E-state index contributed by atoms with van der Waals surface area (Å²) in [6, 6.07) is 13.6. The molecular formula is C21H22N2O3. The third-order valence-electron chi connectivity index (χ3n) is 4.51. The number of amides is 1. The summed E-state index contributed by atoms with van der Waals surface area (Å²) >= 11 is 0. The van der Waals surface area contributed by atoms with Gasteiger partial charge >= 0.3 is 0 Å². The van der Waals surface area contributed by atoms with Crippen LogP contribution >= 0.6 is 0 Å². The second-order valence-electron chi connectivity index (χ2n) is 7.65. The largest absolute Gasteiger partial charge is 0.454 e. The Morgan fingerprint density at radius 3 is 2.69 bits per heavy atom. The van der Waals surface area contributed by atoms with Gasteiger partial charge in [0.25, 0.3) is 0 Å². The number of rotatable bonds is 3. The maximum Gasteiger partial charge on any atom is 0.231 e. The molecule has 1 aliphatic rings. The molecule has 5 nitrogen and oxygen atoms in total. The maximum absolute atomic E-state index is 12.4. The Morgan fingerprint density at radius 1 is 1.08 bits per heavy atom. The Kier molecular flexibility index (Phi) is 3.87. The quantitative estimate of drug-likeness (QED) is 0.737. The molecule has 1 aliphatic heterocycles. The summed E-state index contributed by atoms with van der Waals surface area (Å²) in [6.45, 7) is 6.75. The van der Waals surface area contributed by atoms with E-state index in [1.807, 2.05) is 36.4 Å². The molecule has 1 amide bonds. The number of carbonyl (C=O) groups is 1. The Hall–Kier alpha value is -2.95. The number of anilines is 1. The predicted molar refractivity (Wildman–Crippen MR) is 102 cm³/mol. The molecule has 0 fully saturated rings. The molecule has 2 aromatic carbocycles. The number of benzene rings is 2. The first-order valence-electron chi connectivity index (χ1n) is 8.70. The highest BCUT2D eigenvalue weighted by Crippen LogP contribution is 2.32. The van der Waals surface area contributed by atoms with Gasteiger partial charge < -0.3 is 19.8 Å². The summed E-state index contributed by atoms with van der Waals surface area (Å²) in [5, 5.41) is 4.07. The van der Waals surface area contributed by atoms with Crippen LogP contribution < -0.4 is 14.8 Å². The topological polar surface area (TPSA) is 63.4 Å². The molecule has 0 radical (unpaired) electrons. The first-order chi connectivity index (χ1) is 12.4. The van der Waals surface area contributed by atoms with Crippen LogP contribution in [-0.2, 0) is 16.6 Å². The number of hydrogen-bond acceptors (Lipinski definition) is 3. The number of aromatic nitrogens is 1. The van der Waals surface area contributed by atoms with Gasteiger partial charge in [0.1, 0.15) is 0 Å². The molecule has 1 aromatic heterocycles. The van der Waals surface area contributed by atoms with E-state index >= 15 is 0 Å². The number of fused-ring (bicyclic) bond motifs is 2. The number of carbonyl (C=O) groups excluding carboxylic acids is 1. The fourth-order valence-corrected chi connectivity index (χ4v) is 3.06.